The lowest BCUT2D eigenvalue weighted by atomic mass is 10.5. The summed E-state index contributed by atoms with van der Waals surface area (Å²) in [5.74, 6) is 0.158. The normalized spacial score (nSPS) is 11.5. The van der Waals surface area contributed by atoms with Crippen LogP contribution in [0.15, 0.2) is 12.1 Å². The lowest BCUT2D eigenvalue weighted by Crippen LogP contribution is -2.13. The van der Waals surface area contributed by atoms with Crippen LogP contribution < -0.4 is 4.74 Å². The first-order chi connectivity index (χ1) is 5.88. The Balaban J connectivity index is 2.90. The van der Waals surface area contributed by atoms with Crippen LogP contribution >= 0.6 is 58.0 Å². The molecule has 0 aliphatic carbocycles. The van der Waals surface area contributed by atoms with Crippen LogP contribution in [0.4, 0.5) is 0 Å². The summed E-state index contributed by atoms with van der Waals surface area (Å²) in [5.41, 5.74) is 0. The Morgan fingerprint density at radius 3 is 2.23 bits per heavy atom. The van der Waals surface area contributed by atoms with E-state index < -0.39 is 3.98 Å². The zero-order valence-corrected chi connectivity index (χ0v) is 9.68. The molecule has 0 aromatic carbocycles. The Labute approximate surface area is 99.6 Å². The molecule has 1 heterocycles. The predicted molar refractivity (Wildman–Crippen MR) is 55.2 cm³/mol. The van der Waals surface area contributed by atoms with Gasteiger partial charge in [-0.05, 0) is 46.9 Å². The van der Waals surface area contributed by atoms with Gasteiger partial charge < -0.3 is 4.74 Å². The molecule has 1 aromatic heterocycles. The van der Waals surface area contributed by atoms with Crippen molar-refractivity contribution in [3.05, 3.63) is 22.4 Å². The third kappa shape index (κ3) is 3.96. The van der Waals surface area contributed by atoms with Crippen molar-refractivity contribution in [1.82, 2.24) is 4.98 Å². The quantitative estimate of drug-likeness (QED) is 0.571. The number of nitrogens with zero attached hydrogens (tertiary/aromatic N) is 1. The summed E-state index contributed by atoms with van der Waals surface area (Å²) in [6.07, 6.45) is 0. The van der Waals surface area contributed by atoms with Gasteiger partial charge in [-0.25, -0.2) is 4.98 Å². The van der Waals surface area contributed by atoms with Gasteiger partial charge >= 0.3 is 3.98 Å². The summed E-state index contributed by atoms with van der Waals surface area (Å²) in [7, 11) is 0. The van der Waals surface area contributed by atoms with Crippen LogP contribution in [0.25, 0.3) is 0 Å². The predicted octanol–water partition coefficient (Wildman–Crippen LogP) is 4.09. The van der Waals surface area contributed by atoms with Crippen LogP contribution in [0.2, 0.25) is 10.3 Å². The first kappa shape index (κ1) is 11.5. The molecule has 0 saturated carbocycles. The van der Waals surface area contributed by atoms with Crippen LogP contribution in [0.3, 0.4) is 0 Å². The van der Waals surface area contributed by atoms with Gasteiger partial charge in [0.25, 0.3) is 0 Å². The second-order valence-corrected chi connectivity index (χ2v) is 4.89. The van der Waals surface area contributed by atoms with Gasteiger partial charge in [0.05, 0.1) is 0 Å². The minimum atomic E-state index is -1.86. The number of hydrogen-bond acceptors (Lipinski definition) is 2. The molecular formula is C6H2Cl5NO. The fourth-order valence-corrected chi connectivity index (χ4v) is 1.23. The Morgan fingerprint density at radius 2 is 1.77 bits per heavy atom. The average Bonchev–Trinajstić information content (AvgIpc) is 1.93. The van der Waals surface area contributed by atoms with Crippen LogP contribution in [-0.2, 0) is 0 Å². The third-order valence-electron chi connectivity index (χ3n) is 1.01. The number of rotatable bonds is 1. The van der Waals surface area contributed by atoms with Gasteiger partial charge in [-0.3, -0.25) is 0 Å². The van der Waals surface area contributed by atoms with E-state index in [1.54, 1.807) is 0 Å². The van der Waals surface area contributed by atoms with E-state index in [0.29, 0.717) is 0 Å². The second kappa shape index (κ2) is 4.28. The topological polar surface area (TPSA) is 22.1 Å². The van der Waals surface area contributed by atoms with Gasteiger partial charge in [0, 0.05) is 0 Å². The fraction of sp³-hybridized carbons (Fsp3) is 0.167. The smallest absolute Gasteiger partial charge is 0.338 e. The van der Waals surface area contributed by atoms with Crippen LogP contribution in [0, 0.1) is 0 Å². The zero-order chi connectivity index (χ0) is 10.1. The minimum absolute atomic E-state index is 0.0406. The largest absolute Gasteiger partial charge is 0.442 e. The summed E-state index contributed by atoms with van der Waals surface area (Å²) < 4.78 is 2.97. The highest BCUT2D eigenvalue weighted by molar-refractivity contribution is 6.66. The van der Waals surface area contributed by atoms with E-state index in [0.717, 1.165) is 0 Å². The lowest BCUT2D eigenvalue weighted by Gasteiger charge is -2.13. The molecule has 0 atom stereocenters. The van der Waals surface area contributed by atoms with E-state index in [9.17, 15) is 0 Å². The molecule has 0 spiro atoms. The van der Waals surface area contributed by atoms with E-state index in [-0.39, 0.29) is 16.1 Å². The van der Waals surface area contributed by atoms with E-state index in [1.807, 2.05) is 0 Å². The Bertz CT molecular complexity index is 310. The maximum Gasteiger partial charge on any atom is 0.338 e. The van der Waals surface area contributed by atoms with Crippen molar-refractivity contribution < 1.29 is 4.74 Å². The van der Waals surface area contributed by atoms with Gasteiger partial charge in [0.2, 0.25) is 0 Å². The number of pyridine rings is 1. The summed E-state index contributed by atoms with van der Waals surface area (Å²) >= 11 is 27.3. The molecule has 13 heavy (non-hydrogen) atoms. The summed E-state index contributed by atoms with van der Waals surface area (Å²) in [5, 5.41) is 0.278. The Kier molecular flexibility index (Phi) is 3.78. The van der Waals surface area contributed by atoms with Crippen LogP contribution in [-0.4, -0.2) is 8.96 Å². The van der Waals surface area contributed by atoms with E-state index in [4.69, 9.17) is 62.7 Å². The highest BCUT2D eigenvalue weighted by atomic mass is 35.6. The Morgan fingerprint density at radius 1 is 1.15 bits per heavy atom. The fourth-order valence-electron chi connectivity index (χ4n) is 0.600. The molecule has 0 bridgehead atoms. The third-order valence-corrected chi connectivity index (χ3v) is 1.72. The molecule has 0 N–H and O–H groups in total. The SMILES string of the molecule is Clc1ccc(OC(Cl)(Cl)Cl)c(Cl)n1. The van der Waals surface area contributed by atoms with E-state index in [1.165, 1.54) is 12.1 Å². The molecule has 72 valence electrons. The molecule has 0 amide bonds. The number of alkyl halides is 3. The number of aromatic nitrogens is 1. The molecule has 0 aliphatic heterocycles. The van der Waals surface area contributed by atoms with Gasteiger partial charge in [-0.15, -0.1) is 0 Å². The molecule has 0 saturated heterocycles. The number of ether oxygens (including phenoxy) is 1. The molecule has 0 aliphatic rings. The average molecular weight is 281 g/mol. The molecule has 2 nitrogen and oxygen atoms in total. The maximum atomic E-state index is 5.64. The van der Waals surface area contributed by atoms with Crippen molar-refractivity contribution in [2.45, 2.75) is 3.98 Å². The minimum Gasteiger partial charge on any atom is -0.442 e. The number of halogens is 5. The summed E-state index contributed by atoms with van der Waals surface area (Å²) in [6.45, 7) is 0. The van der Waals surface area contributed by atoms with Crippen molar-refractivity contribution in [3.8, 4) is 5.75 Å². The number of hydrogen-bond donors (Lipinski definition) is 0. The van der Waals surface area contributed by atoms with E-state index >= 15 is 0 Å². The van der Waals surface area contributed by atoms with Crippen LogP contribution in [0.5, 0.6) is 5.75 Å². The molecule has 1 aromatic rings. The molecule has 1 rings (SSSR count). The van der Waals surface area contributed by atoms with E-state index in [2.05, 4.69) is 4.98 Å². The molecule has 7 heteroatoms. The first-order valence-electron chi connectivity index (χ1n) is 2.96. The Hall–Kier alpha value is 0.400. The van der Waals surface area contributed by atoms with Gasteiger partial charge in [-0.1, -0.05) is 23.2 Å². The zero-order valence-electron chi connectivity index (χ0n) is 5.90. The monoisotopic (exact) mass is 279 g/mol. The lowest BCUT2D eigenvalue weighted by molar-refractivity contribution is 0.319. The standard InChI is InChI=1S/C6H2Cl5NO/c7-4-2-1-3(5(8)12-4)13-6(9,10)11/h1-2H. The van der Waals surface area contributed by atoms with Crippen molar-refractivity contribution in [3.63, 3.8) is 0 Å². The van der Waals surface area contributed by atoms with Crippen molar-refractivity contribution in [2.75, 3.05) is 0 Å². The second-order valence-electron chi connectivity index (χ2n) is 1.97. The highest BCUT2D eigenvalue weighted by Crippen LogP contribution is 2.33. The van der Waals surface area contributed by atoms with Crippen molar-refractivity contribution >= 4 is 58.0 Å². The molecular weight excluding hydrogens is 279 g/mol. The molecule has 0 fully saturated rings. The summed E-state index contributed by atoms with van der Waals surface area (Å²) in [4.78, 5) is 3.69. The maximum absolute atomic E-state index is 5.64. The summed E-state index contributed by atoms with van der Waals surface area (Å²) in [6, 6.07) is 2.93. The molecule has 0 unspecified atom stereocenters. The van der Waals surface area contributed by atoms with Crippen LogP contribution in [0.1, 0.15) is 0 Å². The van der Waals surface area contributed by atoms with Crippen molar-refractivity contribution in [2.24, 2.45) is 0 Å². The molecule has 0 radical (unpaired) electrons. The van der Waals surface area contributed by atoms with Crippen molar-refractivity contribution in [1.29, 1.82) is 0 Å². The first-order valence-corrected chi connectivity index (χ1v) is 4.85. The highest BCUT2D eigenvalue weighted by Gasteiger charge is 2.23. The van der Waals surface area contributed by atoms with Gasteiger partial charge in [0.1, 0.15) is 5.15 Å². The van der Waals surface area contributed by atoms with Gasteiger partial charge in [-0.2, -0.15) is 0 Å². The van der Waals surface area contributed by atoms with Gasteiger partial charge in [0.15, 0.2) is 10.9 Å².